The Bertz CT molecular complexity index is 673. The third kappa shape index (κ3) is 6.42. The average Bonchev–Trinajstić information content (AvgIpc) is 3.36. The van der Waals surface area contributed by atoms with E-state index in [1.165, 1.54) is 64.5 Å². The van der Waals surface area contributed by atoms with Crippen LogP contribution in [0.4, 0.5) is 0 Å². The van der Waals surface area contributed by atoms with Crippen molar-refractivity contribution in [2.75, 3.05) is 27.2 Å². The van der Waals surface area contributed by atoms with E-state index < -0.39 is 0 Å². The fourth-order valence-corrected chi connectivity index (χ4v) is 5.02. The molecule has 2 unspecified atom stereocenters. The second-order valence-electron chi connectivity index (χ2n) is 9.13. The van der Waals surface area contributed by atoms with Gasteiger partial charge in [0.05, 0.1) is 0 Å². The molecule has 0 bridgehead atoms. The second-order valence-corrected chi connectivity index (χ2v) is 9.13. The standard InChI is InChI=1S/C24H42N6/c1-21-25-13-19-29(21)17-9-7-15-27(3)23-11-5-6-12-24(23)28(4)16-8-10-18-30-20-14-26-22(30)2/h13-14,19-20,23-24H,5-12,15-18H2,1-4H3. The van der Waals surface area contributed by atoms with E-state index in [1.807, 2.05) is 12.4 Å². The Morgan fingerprint density at radius 1 is 0.767 bits per heavy atom. The lowest BCUT2D eigenvalue weighted by molar-refractivity contribution is 0.0753. The van der Waals surface area contributed by atoms with E-state index in [9.17, 15) is 0 Å². The highest BCUT2D eigenvalue weighted by molar-refractivity contribution is 4.90. The zero-order chi connectivity index (χ0) is 21.3. The van der Waals surface area contributed by atoms with Crippen LogP contribution in [0.3, 0.4) is 0 Å². The minimum Gasteiger partial charge on any atom is -0.335 e. The van der Waals surface area contributed by atoms with Gasteiger partial charge in [-0.15, -0.1) is 0 Å². The number of aryl methyl sites for hydroxylation is 4. The quantitative estimate of drug-likeness (QED) is 0.490. The van der Waals surface area contributed by atoms with Gasteiger partial charge in [-0.2, -0.15) is 0 Å². The molecule has 1 saturated carbocycles. The largest absolute Gasteiger partial charge is 0.335 e. The zero-order valence-electron chi connectivity index (χ0n) is 19.6. The minimum atomic E-state index is 0.703. The van der Waals surface area contributed by atoms with Gasteiger partial charge in [-0.3, -0.25) is 0 Å². The number of rotatable bonds is 12. The van der Waals surface area contributed by atoms with E-state index in [0.29, 0.717) is 12.1 Å². The maximum atomic E-state index is 4.33. The van der Waals surface area contributed by atoms with Gasteiger partial charge in [-0.25, -0.2) is 9.97 Å². The van der Waals surface area contributed by atoms with Crippen LogP contribution in [0.5, 0.6) is 0 Å². The van der Waals surface area contributed by atoms with Crippen molar-refractivity contribution < 1.29 is 0 Å². The number of imidazole rings is 2. The number of hydrogen-bond acceptors (Lipinski definition) is 4. The van der Waals surface area contributed by atoms with E-state index >= 15 is 0 Å². The van der Waals surface area contributed by atoms with Gasteiger partial charge >= 0.3 is 0 Å². The molecule has 3 rings (SSSR count). The summed E-state index contributed by atoms with van der Waals surface area (Å²) in [6.07, 6.45) is 18.4. The second kappa shape index (κ2) is 11.7. The summed E-state index contributed by atoms with van der Waals surface area (Å²) in [6.45, 7) is 8.75. The van der Waals surface area contributed by atoms with Crippen LogP contribution in [0, 0.1) is 13.8 Å². The van der Waals surface area contributed by atoms with Gasteiger partial charge in [0, 0.05) is 50.0 Å². The lowest BCUT2D eigenvalue weighted by Gasteiger charge is -2.42. The van der Waals surface area contributed by atoms with Gasteiger partial charge in [-0.1, -0.05) is 12.8 Å². The first kappa shape index (κ1) is 23.0. The van der Waals surface area contributed by atoms with Crippen LogP contribution < -0.4 is 0 Å². The molecule has 0 saturated heterocycles. The molecule has 6 heteroatoms. The fraction of sp³-hybridized carbons (Fsp3) is 0.750. The highest BCUT2D eigenvalue weighted by Gasteiger charge is 2.30. The Labute approximate surface area is 183 Å². The lowest BCUT2D eigenvalue weighted by Crippen LogP contribution is -2.51. The van der Waals surface area contributed by atoms with E-state index in [2.05, 4.69) is 69.2 Å². The van der Waals surface area contributed by atoms with Crippen LogP contribution >= 0.6 is 0 Å². The molecule has 2 aromatic rings. The maximum absolute atomic E-state index is 4.33. The molecular formula is C24H42N6. The summed E-state index contributed by atoms with van der Waals surface area (Å²) in [5.41, 5.74) is 0. The normalized spacial score (nSPS) is 19.8. The summed E-state index contributed by atoms with van der Waals surface area (Å²) in [4.78, 5) is 13.9. The van der Waals surface area contributed by atoms with E-state index in [0.717, 1.165) is 24.7 Å². The van der Waals surface area contributed by atoms with Gasteiger partial charge in [0.25, 0.3) is 0 Å². The summed E-state index contributed by atoms with van der Waals surface area (Å²) in [5, 5.41) is 0. The van der Waals surface area contributed by atoms with E-state index in [4.69, 9.17) is 0 Å². The first-order chi connectivity index (χ1) is 14.6. The molecule has 2 atom stereocenters. The Kier molecular flexibility index (Phi) is 8.94. The molecule has 168 valence electrons. The predicted molar refractivity (Wildman–Crippen MR) is 124 cm³/mol. The number of hydrogen-bond donors (Lipinski definition) is 0. The molecule has 1 aliphatic carbocycles. The molecular weight excluding hydrogens is 372 g/mol. The number of unbranched alkanes of at least 4 members (excludes halogenated alkanes) is 2. The summed E-state index contributed by atoms with van der Waals surface area (Å²) >= 11 is 0. The molecule has 0 radical (unpaired) electrons. The van der Waals surface area contributed by atoms with Gasteiger partial charge in [-0.05, 0) is 79.6 Å². The monoisotopic (exact) mass is 414 g/mol. The van der Waals surface area contributed by atoms with Crippen LogP contribution in [0.15, 0.2) is 24.8 Å². The predicted octanol–water partition coefficient (Wildman–Crippen LogP) is 4.13. The lowest BCUT2D eigenvalue weighted by atomic mass is 9.88. The van der Waals surface area contributed by atoms with Crippen LogP contribution in [0.2, 0.25) is 0 Å². The third-order valence-electron chi connectivity index (χ3n) is 6.99. The Morgan fingerprint density at radius 2 is 1.20 bits per heavy atom. The molecule has 0 aromatic carbocycles. The number of nitrogens with zero attached hydrogens (tertiary/aromatic N) is 6. The first-order valence-corrected chi connectivity index (χ1v) is 11.9. The van der Waals surface area contributed by atoms with Gasteiger partial charge in [0.15, 0.2) is 0 Å². The summed E-state index contributed by atoms with van der Waals surface area (Å²) in [6, 6.07) is 1.41. The third-order valence-corrected chi connectivity index (χ3v) is 6.99. The number of likely N-dealkylation sites (N-methyl/N-ethyl adjacent to an activating group) is 2. The molecule has 0 amide bonds. The SMILES string of the molecule is Cc1nccn1CCCCN(C)C1CCCCC1N(C)CCCCn1ccnc1C. The molecule has 2 aromatic heterocycles. The Morgan fingerprint density at radius 3 is 1.57 bits per heavy atom. The van der Waals surface area contributed by atoms with E-state index in [-0.39, 0.29) is 0 Å². The van der Waals surface area contributed by atoms with Gasteiger partial charge in [0.2, 0.25) is 0 Å². The van der Waals surface area contributed by atoms with Gasteiger partial charge in [0.1, 0.15) is 11.6 Å². The van der Waals surface area contributed by atoms with Gasteiger partial charge < -0.3 is 18.9 Å². The zero-order valence-corrected chi connectivity index (χ0v) is 19.6. The molecule has 2 heterocycles. The van der Waals surface area contributed by atoms with Crippen molar-refractivity contribution in [1.29, 1.82) is 0 Å². The first-order valence-electron chi connectivity index (χ1n) is 11.9. The molecule has 0 aliphatic heterocycles. The molecule has 0 spiro atoms. The minimum absolute atomic E-state index is 0.703. The van der Waals surface area contributed by atoms with Crippen molar-refractivity contribution in [2.45, 2.75) is 90.4 Å². The van der Waals surface area contributed by atoms with Crippen molar-refractivity contribution in [3.8, 4) is 0 Å². The van der Waals surface area contributed by atoms with Crippen LogP contribution in [0.1, 0.15) is 63.0 Å². The topological polar surface area (TPSA) is 42.1 Å². The van der Waals surface area contributed by atoms with Crippen molar-refractivity contribution in [2.24, 2.45) is 0 Å². The van der Waals surface area contributed by atoms with Crippen molar-refractivity contribution >= 4 is 0 Å². The fourth-order valence-electron chi connectivity index (χ4n) is 5.02. The Hall–Kier alpha value is -1.66. The summed E-state index contributed by atoms with van der Waals surface area (Å²) < 4.78 is 4.53. The molecule has 6 nitrogen and oxygen atoms in total. The van der Waals surface area contributed by atoms with E-state index in [1.54, 1.807) is 0 Å². The van der Waals surface area contributed by atoms with Crippen molar-refractivity contribution in [3.63, 3.8) is 0 Å². The molecule has 1 fully saturated rings. The highest BCUT2D eigenvalue weighted by atomic mass is 15.2. The van der Waals surface area contributed by atoms with Crippen molar-refractivity contribution in [1.82, 2.24) is 28.9 Å². The molecule has 1 aliphatic rings. The van der Waals surface area contributed by atoms with Crippen molar-refractivity contribution in [3.05, 3.63) is 36.4 Å². The number of aromatic nitrogens is 4. The van der Waals surface area contributed by atoms with Crippen LogP contribution in [-0.4, -0.2) is 68.2 Å². The average molecular weight is 415 g/mol. The summed E-state index contributed by atoms with van der Waals surface area (Å²) in [5.74, 6) is 2.25. The smallest absolute Gasteiger partial charge is 0.105 e. The molecule has 30 heavy (non-hydrogen) atoms. The maximum Gasteiger partial charge on any atom is 0.105 e. The Balaban J connectivity index is 1.39. The molecule has 0 N–H and O–H groups in total. The summed E-state index contributed by atoms with van der Waals surface area (Å²) in [7, 11) is 4.70. The van der Waals surface area contributed by atoms with Crippen LogP contribution in [0.25, 0.3) is 0 Å². The highest BCUT2D eigenvalue weighted by Crippen LogP contribution is 2.26. The van der Waals surface area contributed by atoms with Crippen LogP contribution in [-0.2, 0) is 13.1 Å².